The zero-order valence-electron chi connectivity index (χ0n) is 7.47. The third-order valence-electron chi connectivity index (χ3n) is 1.60. The Kier molecular flexibility index (Phi) is 0.974. The average molecular weight is 157 g/mol. The first-order chi connectivity index (χ1) is 5.68. The van der Waals surface area contributed by atoms with E-state index in [2.05, 4.69) is 0 Å². The van der Waals surface area contributed by atoms with Crippen LogP contribution < -0.4 is 4.57 Å². The van der Waals surface area contributed by atoms with Gasteiger partial charge in [-0.25, -0.2) is 4.57 Å². The van der Waals surface area contributed by atoms with Crippen LogP contribution in [-0.4, -0.2) is 0 Å². The number of hydrogen-bond donors (Lipinski definition) is 0. The van der Waals surface area contributed by atoms with E-state index >= 15 is 0 Å². The van der Waals surface area contributed by atoms with Crippen molar-refractivity contribution in [2.24, 2.45) is 0 Å². The zero-order chi connectivity index (χ0) is 8.72. The van der Waals surface area contributed by atoms with Gasteiger partial charge in [0.2, 0.25) is 0 Å². The molecule has 0 radical (unpaired) electrons. The zero-order valence-corrected chi connectivity index (χ0v) is 6.23. The van der Waals surface area contributed by atoms with Gasteiger partial charge in [0.25, 0.3) is 0 Å². The van der Waals surface area contributed by atoms with Gasteiger partial charge < -0.3 is 0 Å². The Morgan fingerprint density at radius 3 is 2.60 bits per heavy atom. The van der Waals surface area contributed by atoms with Crippen molar-refractivity contribution in [3.63, 3.8) is 0 Å². The summed E-state index contributed by atoms with van der Waals surface area (Å²) in [6, 6.07) is 3.54. The first-order valence-corrected chi connectivity index (χ1v) is 3.74. The number of hydrogen-bond acceptors (Lipinski definition) is 0. The number of nitrogens with zero attached hydrogens (tertiary/aromatic N) is 1. The van der Waals surface area contributed by atoms with Crippen LogP contribution in [0.4, 0.5) is 0 Å². The van der Waals surface area contributed by atoms with E-state index in [0.717, 1.165) is 12.8 Å². The number of aromatic nitrogens is 1. The van der Waals surface area contributed by atoms with E-state index in [1.54, 1.807) is 16.7 Å². The summed E-state index contributed by atoms with van der Waals surface area (Å²) in [5.74, 6) is 0. The maximum absolute atomic E-state index is 7.58. The molecule has 2 heteroatoms. The van der Waals surface area contributed by atoms with Crippen molar-refractivity contribution in [1.29, 1.82) is 0 Å². The SMILES string of the molecule is [2H]c1cc(Cl)cc([2H])[n+]1C1CC1. The van der Waals surface area contributed by atoms with Crippen molar-refractivity contribution >= 4 is 11.6 Å². The van der Waals surface area contributed by atoms with Gasteiger partial charge in [-0.1, -0.05) is 11.6 Å². The maximum Gasteiger partial charge on any atom is 0.170 e. The van der Waals surface area contributed by atoms with Gasteiger partial charge in [0.15, 0.2) is 18.4 Å². The maximum atomic E-state index is 7.58. The Morgan fingerprint density at radius 1 is 1.50 bits per heavy atom. The molecule has 0 atom stereocenters. The largest absolute Gasteiger partial charge is 0.202 e. The Balaban J connectivity index is 2.51. The van der Waals surface area contributed by atoms with Crippen LogP contribution in [0.5, 0.6) is 0 Å². The highest BCUT2D eigenvalue weighted by Crippen LogP contribution is 2.28. The normalized spacial score (nSPS) is 20.1. The van der Waals surface area contributed by atoms with Crippen molar-refractivity contribution in [3.05, 3.63) is 29.5 Å². The second kappa shape index (κ2) is 2.24. The predicted molar refractivity (Wildman–Crippen MR) is 39.9 cm³/mol. The first-order valence-electron chi connectivity index (χ1n) is 4.37. The second-order valence-electron chi connectivity index (χ2n) is 2.53. The average Bonchev–Trinajstić information content (AvgIpc) is 2.68. The lowest BCUT2D eigenvalue weighted by Crippen LogP contribution is -2.30. The third kappa shape index (κ3) is 1.14. The Bertz CT molecular complexity index is 300. The molecular weight excluding hydrogens is 146 g/mol. The summed E-state index contributed by atoms with van der Waals surface area (Å²) < 4.78 is 16.9. The van der Waals surface area contributed by atoms with Crippen molar-refractivity contribution in [2.75, 3.05) is 0 Å². The van der Waals surface area contributed by atoms with E-state index in [1.165, 1.54) is 0 Å². The molecule has 0 spiro atoms. The number of pyridine rings is 1. The molecule has 0 saturated heterocycles. The molecule has 1 aromatic heterocycles. The van der Waals surface area contributed by atoms with Crippen LogP contribution in [-0.2, 0) is 0 Å². The molecule has 1 aliphatic rings. The summed E-state index contributed by atoms with van der Waals surface area (Å²) in [6.45, 7) is 0. The molecule has 1 saturated carbocycles. The number of halogens is 1. The topological polar surface area (TPSA) is 3.88 Å². The minimum absolute atomic E-state index is 0.343. The van der Waals surface area contributed by atoms with Gasteiger partial charge in [0, 0.05) is 25.0 Å². The lowest BCUT2D eigenvalue weighted by atomic mass is 10.5. The highest BCUT2D eigenvalue weighted by molar-refractivity contribution is 6.30. The Labute approximate surface area is 68.1 Å². The van der Waals surface area contributed by atoms with E-state index in [9.17, 15) is 0 Å². The fourth-order valence-electron chi connectivity index (χ4n) is 0.885. The minimum Gasteiger partial charge on any atom is -0.202 e. The summed E-state index contributed by atoms with van der Waals surface area (Å²) in [6.07, 6.45) is 2.86. The van der Waals surface area contributed by atoms with Crippen LogP contribution in [0.1, 0.15) is 21.6 Å². The van der Waals surface area contributed by atoms with E-state index in [4.69, 9.17) is 14.3 Å². The molecule has 0 unspecified atom stereocenters. The number of rotatable bonds is 1. The van der Waals surface area contributed by atoms with Crippen LogP contribution in [0.2, 0.25) is 5.02 Å². The molecule has 0 aromatic carbocycles. The van der Waals surface area contributed by atoms with Gasteiger partial charge in [-0.05, 0) is 0 Å². The molecule has 10 heavy (non-hydrogen) atoms. The molecular formula is C8H9ClN+. The van der Waals surface area contributed by atoms with E-state index < -0.39 is 0 Å². The summed E-state index contributed by atoms with van der Waals surface area (Å²) >= 11 is 5.69. The molecule has 1 fully saturated rings. The van der Waals surface area contributed by atoms with Gasteiger partial charge in [-0.2, -0.15) is 0 Å². The van der Waals surface area contributed by atoms with Gasteiger partial charge in [-0.3, -0.25) is 0 Å². The molecule has 0 N–H and O–H groups in total. The highest BCUT2D eigenvalue weighted by atomic mass is 35.5. The van der Waals surface area contributed by atoms with Crippen molar-refractivity contribution < 1.29 is 7.31 Å². The van der Waals surface area contributed by atoms with E-state index in [1.807, 2.05) is 0 Å². The standard InChI is InChI=1S/C8H9ClN/c9-7-3-5-10(6-4-7)8-1-2-8/h3-6,8H,1-2H2/q+1/i5D,6D. The Morgan fingerprint density at radius 2 is 2.10 bits per heavy atom. The molecule has 1 aliphatic carbocycles. The molecule has 1 aromatic rings. The lowest BCUT2D eigenvalue weighted by molar-refractivity contribution is -0.700. The molecule has 1 nitrogen and oxygen atoms in total. The van der Waals surface area contributed by atoms with Crippen molar-refractivity contribution in [3.8, 4) is 0 Å². The first kappa shape index (κ1) is 4.35. The van der Waals surface area contributed by atoms with E-state index in [0.29, 0.717) is 23.4 Å². The molecule has 0 bridgehead atoms. The third-order valence-corrected chi connectivity index (χ3v) is 1.81. The predicted octanol–water partition coefficient (Wildman–Crippen LogP) is 1.96. The lowest BCUT2D eigenvalue weighted by Gasteiger charge is -1.90. The van der Waals surface area contributed by atoms with Crippen molar-refractivity contribution in [2.45, 2.75) is 18.9 Å². The molecule has 2 rings (SSSR count). The summed E-state index contributed by atoms with van der Waals surface area (Å²) in [5, 5.41) is 0.474. The Hall–Kier alpha value is -0.560. The van der Waals surface area contributed by atoms with Crippen LogP contribution in [0.25, 0.3) is 0 Å². The minimum atomic E-state index is 0.343. The van der Waals surface area contributed by atoms with Crippen LogP contribution in [0.15, 0.2) is 24.5 Å². The van der Waals surface area contributed by atoms with Crippen LogP contribution in [0, 0.1) is 0 Å². The smallest absolute Gasteiger partial charge is 0.170 e. The van der Waals surface area contributed by atoms with Gasteiger partial charge in [0.1, 0.15) is 2.74 Å². The second-order valence-corrected chi connectivity index (χ2v) is 2.97. The molecule has 0 aliphatic heterocycles. The molecule has 1 heterocycles. The van der Waals surface area contributed by atoms with Gasteiger partial charge >= 0.3 is 0 Å². The summed E-state index contributed by atoms with van der Waals surface area (Å²) in [4.78, 5) is 0. The molecule has 0 amide bonds. The fourth-order valence-corrected chi connectivity index (χ4v) is 0.982. The summed E-state index contributed by atoms with van der Waals surface area (Å²) in [7, 11) is 0. The quantitative estimate of drug-likeness (QED) is 0.548. The van der Waals surface area contributed by atoms with Crippen LogP contribution >= 0.6 is 11.6 Å². The van der Waals surface area contributed by atoms with Crippen molar-refractivity contribution in [1.82, 2.24) is 0 Å². The van der Waals surface area contributed by atoms with Gasteiger partial charge in [-0.15, -0.1) is 0 Å². The van der Waals surface area contributed by atoms with E-state index in [-0.39, 0.29) is 0 Å². The highest BCUT2D eigenvalue weighted by Gasteiger charge is 2.30. The molecule has 52 valence electrons. The fraction of sp³-hybridized carbons (Fsp3) is 0.375. The monoisotopic (exact) mass is 156 g/mol. The summed E-state index contributed by atoms with van der Waals surface area (Å²) in [5.41, 5.74) is 0. The van der Waals surface area contributed by atoms with Gasteiger partial charge in [0.05, 0.1) is 5.02 Å². The van der Waals surface area contributed by atoms with Crippen LogP contribution in [0.3, 0.4) is 0 Å².